The van der Waals surface area contributed by atoms with Crippen molar-refractivity contribution in [1.82, 2.24) is 10.2 Å². The van der Waals surface area contributed by atoms with Crippen LogP contribution in [0.15, 0.2) is 54.6 Å². The molecule has 0 unspecified atom stereocenters. The Bertz CT molecular complexity index is 861. The van der Waals surface area contributed by atoms with Gasteiger partial charge >= 0.3 is 0 Å². The van der Waals surface area contributed by atoms with E-state index in [2.05, 4.69) is 5.32 Å². The number of ether oxygens (including phenoxy) is 1. The van der Waals surface area contributed by atoms with Crippen molar-refractivity contribution >= 4 is 17.7 Å². The van der Waals surface area contributed by atoms with Gasteiger partial charge in [0, 0.05) is 18.7 Å². The molecule has 0 aromatic heterocycles. The Morgan fingerprint density at radius 2 is 1.64 bits per heavy atom. The highest BCUT2D eigenvalue weighted by molar-refractivity contribution is 6.21. The maximum atomic E-state index is 12.4. The first-order chi connectivity index (χ1) is 13.6. The lowest BCUT2D eigenvalue weighted by Crippen LogP contribution is -2.32. The molecular weight excluding hydrogens is 356 g/mol. The van der Waals surface area contributed by atoms with Crippen molar-refractivity contribution in [2.45, 2.75) is 18.9 Å². The number of carbonyl (C=O) groups excluding carboxylic acids is 3. The first kappa shape index (κ1) is 18.4. The van der Waals surface area contributed by atoms with Gasteiger partial charge < -0.3 is 10.1 Å². The van der Waals surface area contributed by atoms with Crippen LogP contribution in [0.1, 0.15) is 43.9 Å². The molecule has 2 aromatic rings. The van der Waals surface area contributed by atoms with Gasteiger partial charge in [-0.15, -0.1) is 0 Å². The molecule has 0 bridgehead atoms. The van der Waals surface area contributed by atoms with E-state index in [9.17, 15) is 14.4 Å². The molecule has 0 radical (unpaired) electrons. The Morgan fingerprint density at radius 3 is 2.32 bits per heavy atom. The molecule has 144 valence electrons. The van der Waals surface area contributed by atoms with Crippen molar-refractivity contribution in [3.63, 3.8) is 0 Å². The highest BCUT2D eigenvalue weighted by Gasteiger charge is 2.36. The summed E-state index contributed by atoms with van der Waals surface area (Å²) in [5.74, 6) is -0.279. The summed E-state index contributed by atoms with van der Waals surface area (Å²) >= 11 is 0. The molecule has 6 heteroatoms. The topological polar surface area (TPSA) is 75.7 Å². The van der Waals surface area contributed by atoms with Crippen LogP contribution in [-0.4, -0.2) is 48.4 Å². The van der Waals surface area contributed by atoms with Gasteiger partial charge in [0.05, 0.1) is 23.8 Å². The van der Waals surface area contributed by atoms with Crippen LogP contribution in [0.3, 0.4) is 0 Å². The number of carbonyl (C=O) groups is 3. The second-order valence-electron chi connectivity index (χ2n) is 7.23. The highest BCUT2D eigenvalue weighted by Crippen LogP contribution is 2.26. The van der Waals surface area contributed by atoms with Gasteiger partial charge in [0.1, 0.15) is 0 Å². The molecule has 28 heavy (non-hydrogen) atoms. The van der Waals surface area contributed by atoms with E-state index >= 15 is 0 Å². The average molecular weight is 378 g/mol. The minimum atomic E-state index is -0.216. The number of rotatable bonds is 6. The van der Waals surface area contributed by atoms with E-state index in [0.29, 0.717) is 42.8 Å². The molecule has 3 amide bonds. The summed E-state index contributed by atoms with van der Waals surface area (Å²) < 4.78 is 5.78. The number of benzene rings is 2. The molecule has 4 rings (SSSR count). The molecule has 1 fully saturated rings. The van der Waals surface area contributed by atoms with Crippen molar-refractivity contribution in [2.24, 2.45) is 5.92 Å². The monoisotopic (exact) mass is 378 g/mol. The van der Waals surface area contributed by atoms with Crippen LogP contribution < -0.4 is 5.32 Å². The van der Waals surface area contributed by atoms with Crippen LogP contribution in [0.4, 0.5) is 0 Å². The number of fused-ring (bicyclic) bond motifs is 1. The summed E-state index contributed by atoms with van der Waals surface area (Å²) in [5, 5.41) is 2.90. The Morgan fingerprint density at radius 1 is 1.00 bits per heavy atom. The van der Waals surface area contributed by atoms with E-state index in [4.69, 9.17) is 4.74 Å². The largest absolute Gasteiger partial charge is 0.376 e. The van der Waals surface area contributed by atoms with Crippen LogP contribution >= 0.6 is 0 Å². The maximum absolute atomic E-state index is 12.4. The number of hydrogen-bond donors (Lipinski definition) is 1. The second kappa shape index (κ2) is 7.94. The fourth-order valence-corrected chi connectivity index (χ4v) is 3.78. The van der Waals surface area contributed by atoms with Gasteiger partial charge in [0.15, 0.2) is 0 Å². The van der Waals surface area contributed by atoms with E-state index in [1.54, 1.807) is 36.4 Å². The molecule has 2 aliphatic rings. The van der Waals surface area contributed by atoms with Gasteiger partial charge in [-0.05, 0) is 43.0 Å². The molecule has 2 aromatic carbocycles. The third-order valence-electron chi connectivity index (χ3n) is 5.33. The quantitative estimate of drug-likeness (QED) is 0.784. The molecule has 1 N–H and O–H groups in total. The van der Waals surface area contributed by atoms with Gasteiger partial charge in [-0.2, -0.15) is 0 Å². The summed E-state index contributed by atoms with van der Waals surface area (Å²) in [7, 11) is 0. The first-order valence-electron chi connectivity index (χ1n) is 9.53. The van der Waals surface area contributed by atoms with E-state index in [1.807, 2.05) is 18.2 Å². The first-order valence-corrected chi connectivity index (χ1v) is 9.53. The lowest BCUT2D eigenvalue weighted by Gasteiger charge is -2.16. The van der Waals surface area contributed by atoms with E-state index in [-0.39, 0.29) is 29.7 Å². The summed E-state index contributed by atoms with van der Waals surface area (Å²) in [4.78, 5) is 38.3. The summed E-state index contributed by atoms with van der Waals surface area (Å²) in [6, 6.07) is 16.0. The second-order valence-corrected chi connectivity index (χ2v) is 7.23. The van der Waals surface area contributed by atoms with Crippen LogP contribution in [0.2, 0.25) is 0 Å². The molecule has 2 atom stereocenters. The Hall–Kier alpha value is -2.99. The number of imide groups is 1. The molecular formula is C22H22N2O4. The zero-order valence-electron chi connectivity index (χ0n) is 15.5. The van der Waals surface area contributed by atoms with Crippen LogP contribution in [0.5, 0.6) is 0 Å². The Labute approximate surface area is 163 Å². The van der Waals surface area contributed by atoms with Crippen LogP contribution in [0, 0.1) is 5.92 Å². The number of nitrogens with zero attached hydrogens (tertiary/aromatic N) is 1. The predicted octanol–water partition coefficient (Wildman–Crippen LogP) is 2.51. The maximum Gasteiger partial charge on any atom is 0.261 e. The smallest absolute Gasteiger partial charge is 0.261 e. The third-order valence-corrected chi connectivity index (χ3v) is 5.33. The molecule has 1 saturated heterocycles. The van der Waals surface area contributed by atoms with Crippen molar-refractivity contribution in [2.75, 3.05) is 19.7 Å². The number of nitrogens with one attached hydrogen (secondary N) is 1. The molecule has 0 spiro atoms. The molecule has 0 aliphatic carbocycles. The number of hydrogen-bond acceptors (Lipinski definition) is 4. The summed E-state index contributed by atoms with van der Waals surface area (Å²) in [6.07, 6.45) is 1.46. The highest BCUT2D eigenvalue weighted by atomic mass is 16.5. The third kappa shape index (κ3) is 3.68. The van der Waals surface area contributed by atoms with Gasteiger partial charge in [0.25, 0.3) is 17.7 Å². The molecule has 2 heterocycles. The lowest BCUT2D eigenvalue weighted by molar-refractivity contribution is 0.0641. The van der Waals surface area contributed by atoms with E-state index in [0.717, 1.165) is 6.42 Å². The fourth-order valence-electron chi connectivity index (χ4n) is 3.78. The zero-order chi connectivity index (χ0) is 19.5. The van der Waals surface area contributed by atoms with Gasteiger partial charge in [-0.3, -0.25) is 19.3 Å². The van der Waals surface area contributed by atoms with E-state index in [1.165, 1.54) is 4.90 Å². The summed E-state index contributed by atoms with van der Waals surface area (Å²) in [5.41, 5.74) is 1.59. The normalized spacial score (nSPS) is 21.1. The summed E-state index contributed by atoms with van der Waals surface area (Å²) in [6.45, 7) is 1.43. The van der Waals surface area contributed by atoms with Crippen molar-refractivity contribution < 1.29 is 19.1 Å². The SMILES string of the molecule is O=C(NC[C@@H]1C[C@H](CCN2C(=O)c3ccccc3C2=O)CO1)c1ccccc1. The minimum absolute atomic E-state index is 0.0418. The fraction of sp³-hybridized carbons (Fsp3) is 0.318. The zero-order valence-corrected chi connectivity index (χ0v) is 15.5. The van der Waals surface area contributed by atoms with Gasteiger partial charge in [-0.25, -0.2) is 0 Å². The van der Waals surface area contributed by atoms with Crippen LogP contribution in [-0.2, 0) is 4.74 Å². The predicted molar refractivity (Wildman–Crippen MR) is 103 cm³/mol. The minimum Gasteiger partial charge on any atom is -0.376 e. The van der Waals surface area contributed by atoms with Gasteiger partial charge in [0.2, 0.25) is 0 Å². The lowest BCUT2D eigenvalue weighted by atomic mass is 10.0. The Balaban J connectivity index is 1.24. The van der Waals surface area contributed by atoms with Crippen molar-refractivity contribution in [1.29, 1.82) is 0 Å². The van der Waals surface area contributed by atoms with E-state index < -0.39 is 0 Å². The van der Waals surface area contributed by atoms with Crippen LogP contribution in [0.25, 0.3) is 0 Å². The molecule has 0 saturated carbocycles. The van der Waals surface area contributed by atoms with Crippen molar-refractivity contribution in [3.8, 4) is 0 Å². The average Bonchev–Trinajstić information content (AvgIpc) is 3.29. The molecule has 2 aliphatic heterocycles. The van der Waals surface area contributed by atoms with Gasteiger partial charge in [-0.1, -0.05) is 30.3 Å². The molecule has 6 nitrogen and oxygen atoms in total. The van der Waals surface area contributed by atoms with Crippen molar-refractivity contribution in [3.05, 3.63) is 71.3 Å². The Kier molecular flexibility index (Phi) is 5.21. The number of amides is 3. The standard InChI is InChI=1S/C22H22N2O4/c25-20(16-6-2-1-3-7-16)23-13-17-12-15(14-28-17)10-11-24-21(26)18-8-4-5-9-19(18)22(24)27/h1-9,15,17H,10-14H2,(H,23,25)/t15-,17-/m0/s1.